The van der Waals surface area contributed by atoms with Gasteiger partial charge in [-0.3, -0.25) is 14.9 Å². The molecule has 1 aliphatic heterocycles. The number of urea groups is 1. The monoisotopic (exact) mass is 157 g/mol. The average Bonchev–Trinajstić information content (AvgIpc) is 2.09. The minimum atomic E-state index is -0.917. The van der Waals surface area contributed by atoms with Gasteiger partial charge in [0.2, 0.25) is 5.91 Å². The lowest BCUT2D eigenvalue weighted by Crippen LogP contribution is -2.45. The molecular formula is C5H7N3O3. The minimum Gasteiger partial charge on any atom is -0.328 e. The Morgan fingerprint density at radius 2 is 2.18 bits per heavy atom. The van der Waals surface area contributed by atoms with Gasteiger partial charge in [0.05, 0.1) is 0 Å². The Morgan fingerprint density at radius 1 is 1.55 bits per heavy atom. The van der Waals surface area contributed by atoms with Gasteiger partial charge in [-0.25, -0.2) is 4.79 Å². The molecule has 1 fully saturated rings. The van der Waals surface area contributed by atoms with Crippen LogP contribution < -0.4 is 16.0 Å². The van der Waals surface area contributed by atoms with Crippen LogP contribution in [0.1, 0.15) is 6.92 Å². The van der Waals surface area contributed by atoms with Gasteiger partial charge in [0.1, 0.15) is 0 Å². The van der Waals surface area contributed by atoms with Crippen LogP contribution in [-0.2, 0) is 9.59 Å². The van der Waals surface area contributed by atoms with E-state index in [0.717, 1.165) is 0 Å². The second-order valence-electron chi connectivity index (χ2n) is 2.10. The Bertz CT molecular complexity index is 225. The molecule has 3 N–H and O–H groups in total. The number of carbonyl (C=O) groups excluding carboxylic acids is 3. The minimum absolute atomic E-state index is 0.368. The molecule has 6 nitrogen and oxygen atoms in total. The first-order valence-electron chi connectivity index (χ1n) is 2.98. The van der Waals surface area contributed by atoms with E-state index < -0.39 is 18.1 Å². The van der Waals surface area contributed by atoms with Crippen LogP contribution in [0.25, 0.3) is 0 Å². The molecular weight excluding hydrogens is 150 g/mol. The molecule has 1 saturated heterocycles. The molecule has 1 heterocycles. The molecule has 6 heteroatoms. The van der Waals surface area contributed by atoms with E-state index in [2.05, 4.69) is 10.6 Å². The van der Waals surface area contributed by atoms with Gasteiger partial charge in [-0.05, 0) is 0 Å². The maximum Gasteiger partial charge on any atom is 0.323 e. The molecule has 0 aliphatic carbocycles. The van der Waals surface area contributed by atoms with Crippen molar-refractivity contribution in [3.05, 3.63) is 0 Å². The van der Waals surface area contributed by atoms with Gasteiger partial charge >= 0.3 is 6.03 Å². The maximum absolute atomic E-state index is 10.7. The molecule has 0 aromatic rings. The van der Waals surface area contributed by atoms with Crippen LogP contribution >= 0.6 is 0 Å². The summed E-state index contributed by atoms with van der Waals surface area (Å²) in [5.41, 5.74) is 0. The largest absolute Gasteiger partial charge is 0.328 e. The molecule has 1 unspecified atom stereocenters. The highest BCUT2D eigenvalue weighted by Gasteiger charge is 2.29. The fraction of sp³-hybridized carbons (Fsp3) is 0.400. The summed E-state index contributed by atoms with van der Waals surface area (Å²) in [6.45, 7) is 1.26. The van der Waals surface area contributed by atoms with Crippen molar-refractivity contribution in [2.45, 2.75) is 13.1 Å². The van der Waals surface area contributed by atoms with Crippen molar-refractivity contribution in [1.82, 2.24) is 16.0 Å². The molecule has 60 valence electrons. The molecule has 0 spiro atoms. The zero-order valence-corrected chi connectivity index (χ0v) is 5.80. The first-order valence-corrected chi connectivity index (χ1v) is 2.98. The first kappa shape index (κ1) is 7.52. The first-order chi connectivity index (χ1) is 5.09. The normalized spacial score (nSPS) is 22.5. The van der Waals surface area contributed by atoms with Crippen molar-refractivity contribution in [3.8, 4) is 0 Å². The lowest BCUT2D eigenvalue weighted by Gasteiger charge is -2.05. The molecule has 0 aromatic heterocycles. The third kappa shape index (κ3) is 1.66. The maximum atomic E-state index is 10.7. The van der Waals surface area contributed by atoms with Crippen LogP contribution in [-0.4, -0.2) is 24.0 Å². The molecule has 1 atom stereocenters. The number of carbonyl (C=O) groups is 3. The van der Waals surface area contributed by atoms with Gasteiger partial charge in [-0.2, -0.15) is 0 Å². The molecule has 0 aromatic carbocycles. The van der Waals surface area contributed by atoms with Gasteiger partial charge in [-0.15, -0.1) is 0 Å². The molecule has 11 heavy (non-hydrogen) atoms. The van der Waals surface area contributed by atoms with Gasteiger partial charge in [0, 0.05) is 6.92 Å². The van der Waals surface area contributed by atoms with Crippen LogP contribution in [0.15, 0.2) is 0 Å². The van der Waals surface area contributed by atoms with E-state index in [4.69, 9.17) is 0 Å². The Balaban J connectivity index is 2.53. The smallest absolute Gasteiger partial charge is 0.323 e. The fourth-order valence-corrected chi connectivity index (χ4v) is 0.722. The summed E-state index contributed by atoms with van der Waals surface area (Å²) in [5, 5.41) is 6.41. The average molecular weight is 157 g/mol. The van der Waals surface area contributed by atoms with E-state index in [1.54, 1.807) is 0 Å². The summed E-state index contributed by atoms with van der Waals surface area (Å²) in [6, 6.07) is -0.589. The quantitative estimate of drug-likeness (QED) is 0.396. The summed E-state index contributed by atoms with van der Waals surface area (Å²) in [6.07, 6.45) is -0.917. The number of amides is 4. The van der Waals surface area contributed by atoms with Crippen LogP contribution in [0, 0.1) is 0 Å². The SMILES string of the molecule is CC(=O)NC1NC(=O)NC1=O. The second kappa shape index (κ2) is 2.57. The summed E-state index contributed by atoms with van der Waals surface area (Å²) < 4.78 is 0. The van der Waals surface area contributed by atoms with Gasteiger partial charge in [-0.1, -0.05) is 0 Å². The van der Waals surface area contributed by atoms with Crippen molar-refractivity contribution in [2.24, 2.45) is 0 Å². The molecule has 1 aliphatic rings. The summed E-state index contributed by atoms with van der Waals surface area (Å²) in [7, 11) is 0. The third-order valence-corrected chi connectivity index (χ3v) is 1.12. The number of imide groups is 1. The van der Waals surface area contributed by atoms with Crippen LogP contribution in [0.5, 0.6) is 0 Å². The molecule has 1 rings (SSSR count). The van der Waals surface area contributed by atoms with Gasteiger partial charge in [0.15, 0.2) is 6.17 Å². The highest BCUT2D eigenvalue weighted by molar-refractivity contribution is 6.05. The molecule has 4 amide bonds. The van der Waals surface area contributed by atoms with E-state index in [9.17, 15) is 14.4 Å². The van der Waals surface area contributed by atoms with Crippen molar-refractivity contribution in [3.63, 3.8) is 0 Å². The Hall–Kier alpha value is -1.59. The lowest BCUT2D eigenvalue weighted by atomic mass is 10.5. The van der Waals surface area contributed by atoms with Crippen molar-refractivity contribution >= 4 is 17.8 Å². The zero-order chi connectivity index (χ0) is 8.43. The number of nitrogens with one attached hydrogen (secondary N) is 3. The number of rotatable bonds is 1. The highest BCUT2D eigenvalue weighted by atomic mass is 16.2. The standard InChI is InChI=1S/C5H7N3O3/c1-2(9)6-3-4(10)8-5(11)7-3/h3H,1H3,(H,6,9)(H2,7,8,10,11). The fourth-order valence-electron chi connectivity index (χ4n) is 0.722. The van der Waals surface area contributed by atoms with E-state index in [1.807, 2.05) is 5.32 Å². The number of hydrogen-bond acceptors (Lipinski definition) is 3. The highest BCUT2D eigenvalue weighted by Crippen LogP contribution is 1.87. The Labute approximate surface area is 62.3 Å². The third-order valence-electron chi connectivity index (χ3n) is 1.12. The van der Waals surface area contributed by atoms with Crippen molar-refractivity contribution in [1.29, 1.82) is 0 Å². The summed E-state index contributed by atoms with van der Waals surface area (Å²) in [5.74, 6) is -0.905. The predicted octanol–water partition coefficient (Wildman–Crippen LogP) is -1.71. The summed E-state index contributed by atoms with van der Waals surface area (Å²) in [4.78, 5) is 31.6. The van der Waals surface area contributed by atoms with Crippen LogP contribution in [0.2, 0.25) is 0 Å². The van der Waals surface area contributed by atoms with E-state index in [1.165, 1.54) is 6.92 Å². The molecule has 0 saturated carbocycles. The van der Waals surface area contributed by atoms with Gasteiger partial charge < -0.3 is 10.6 Å². The van der Waals surface area contributed by atoms with E-state index in [0.29, 0.717) is 0 Å². The predicted molar refractivity (Wildman–Crippen MR) is 34.3 cm³/mol. The van der Waals surface area contributed by atoms with E-state index >= 15 is 0 Å². The van der Waals surface area contributed by atoms with E-state index in [-0.39, 0.29) is 5.91 Å². The van der Waals surface area contributed by atoms with Gasteiger partial charge in [0.25, 0.3) is 5.91 Å². The van der Waals surface area contributed by atoms with Crippen LogP contribution in [0.3, 0.4) is 0 Å². The molecule has 0 bridgehead atoms. The summed E-state index contributed by atoms with van der Waals surface area (Å²) >= 11 is 0. The lowest BCUT2D eigenvalue weighted by molar-refractivity contribution is -0.126. The molecule has 0 radical (unpaired) electrons. The zero-order valence-electron chi connectivity index (χ0n) is 5.80. The van der Waals surface area contributed by atoms with Crippen LogP contribution in [0.4, 0.5) is 4.79 Å². The Kier molecular flexibility index (Phi) is 1.75. The number of hydrogen-bond donors (Lipinski definition) is 3. The topological polar surface area (TPSA) is 87.3 Å². The Morgan fingerprint density at radius 3 is 2.55 bits per heavy atom. The van der Waals surface area contributed by atoms with Crippen molar-refractivity contribution in [2.75, 3.05) is 0 Å². The second-order valence-corrected chi connectivity index (χ2v) is 2.10. The van der Waals surface area contributed by atoms with Crippen molar-refractivity contribution < 1.29 is 14.4 Å².